The standard InChI is InChI=1S/C14H12BrFN2O3/c1-17-8-9-2-3-10(15)6-13(9)21-14-7-11(16)4-5-12(14)18(19)20/h2-7,17H,8H2,1H3. The van der Waals surface area contributed by atoms with Crippen LogP contribution in [0.25, 0.3) is 0 Å². The van der Waals surface area contributed by atoms with Gasteiger partial charge in [0.1, 0.15) is 11.6 Å². The normalized spacial score (nSPS) is 10.4. The molecule has 0 radical (unpaired) electrons. The van der Waals surface area contributed by atoms with Crippen LogP contribution in [0.3, 0.4) is 0 Å². The van der Waals surface area contributed by atoms with Crippen LogP contribution in [-0.2, 0) is 6.54 Å². The number of nitro groups is 1. The van der Waals surface area contributed by atoms with Gasteiger partial charge in [0, 0.05) is 28.7 Å². The highest BCUT2D eigenvalue weighted by atomic mass is 79.9. The Kier molecular flexibility index (Phi) is 4.87. The molecule has 2 aromatic carbocycles. The van der Waals surface area contributed by atoms with Crippen molar-refractivity contribution in [3.8, 4) is 11.5 Å². The van der Waals surface area contributed by atoms with Gasteiger partial charge in [-0.1, -0.05) is 22.0 Å². The van der Waals surface area contributed by atoms with Gasteiger partial charge in [-0.3, -0.25) is 10.1 Å². The molecule has 0 aliphatic heterocycles. The fraction of sp³-hybridized carbons (Fsp3) is 0.143. The number of halogens is 2. The molecule has 0 aromatic heterocycles. The number of benzene rings is 2. The van der Waals surface area contributed by atoms with Crippen molar-refractivity contribution in [2.24, 2.45) is 0 Å². The molecule has 2 rings (SSSR count). The van der Waals surface area contributed by atoms with Crippen molar-refractivity contribution in [1.29, 1.82) is 0 Å². The van der Waals surface area contributed by atoms with Crippen molar-refractivity contribution in [1.82, 2.24) is 5.32 Å². The van der Waals surface area contributed by atoms with Gasteiger partial charge in [0.15, 0.2) is 0 Å². The van der Waals surface area contributed by atoms with Crippen molar-refractivity contribution < 1.29 is 14.1 Å². The van der Waals surface area contributed by atoms with Crippen LogP contribution in [0.1, 0.15) is 5.56 Å². The summed E-state index contributed by atoms with van der Waals surface area (Å²) in [6, 6.07) is 8.45. The predicted molar refractivity (Wildman–Crippen MR) is 80.0 cm³/mol. The summed E-state index contributed by atoms with van der Waals surface area (Å²) < 4.78 is 19.6. The third kappa shape index (κ3) is 3.77. The molecule has 0 aliphatic rings. The van der Waals surface area contributed by atoms with Gasteiger partial charge in [0.2, 0.25) is 5.75 Å². The maximum Gasteiger partial charge on any atom is 0.311 e. The Bertz CT molecular complexity index is 679. The first-order valence-electron chi connectivity index (χ1n) is 6.06. The second kappa shape index (κ2) is 6.64. The molecule has 5 nitrogen and oxygen atoms in total. The summed E-state index contributed by atoms with van der Waals surface area (Å²) >= 11 is 3.31. The second-order valence-electron chi connectivity index (χ2n) is 4.25. The zero-order valence-corrected chi connectivity index (χ0v) is 12.7. The molecule has 0 saturated heterocycles. The van der Waals surface area contributed by atoms with E-state index >= 15 is 0 Å². The number of hydrogen-bond acceptors (Lipinski definition) is 4. The van der Waals surface area contributed by atoms with Gasteiger partial charge in [-0.2, -0.15) is 0 Å². The van der Waals surface area contributed by atoms with E-state index in [4.69, 9.17) is 4.74 Å². The lowest BCUT2D eigenvalue weighted by Gasteiger charge is -2.11. The molecule has 0 heterocycles. The summed E-state index contributed by atoms with van der Waals surface area (Å²) in [5, 5.41) is 14.0. The maximum atomic E-state index is 13.3. The molecule has 0 spiro atoms. The number of nitrogens with zero attached hydrogens (tertiary/aromatic N) is 1. The summed E-state index contributed by atoms with van der Waals surface area (Å²) in [6.45, 7) is 0.520. The number of nitrogens with one attached hydrogen (secondary N) is 1. The van der Waals surface area contributed by atoms with Crippen molar-refractivity contribution in [3.63, 3.8) is 0 Å². The van der Waals surface area contributed by atoms with Crippen molar-refractivity contribution in [2.45, 2.75) is 6.54 Å². The van der Waals surface area contributed by atoms with Gasteiger partial charge < -0.3 is 10.1 Å². The number of ether oxygens (including phenoxy) is 1. The van der Waals surface area contributed by atoms with Crippen LogP contribution in [0.4, 0.5) is 10.1 Å². The van der Waals surface area contributed by atoms with Crippen molar-refractivity contribution in [2.75, 3.05) is 7.05 Å². The summed E-state index contributed by atoms with van der Waals surface area (Å²) in [4.78, 5) is 10.4. The third-order valence-electron chi connectivity index (χ3n) is 2.73. The minimum Gasteiger partial charge on any atom is -0.450 e. The van der Waals surface area contributed by atoms with Gasteiger partial charge >= 0.3 is 5.69 Å². The number of rotatable bonds is 5. The summed E-state index contributed by atoms with van der Waals surface area (Å²) in [5.74, 6) is -0.302. The Balaban J connectivity index is 2.44. The van der Waals surface area contributed by atoms with E-state index in [-0.39, 0.29) is 11.4 Å². The molecule has 1 N–H and O–H groups in total. The fourth-order valence-electron chi connectivity index (χ4n) is 1.80. The smallest absolute Gasteiger partial charge is 0.311 e. The molecule has 0 saturated carbocycles. The summed E-state index contributed by atoms with van der Waals surface area (Å²) in [7, 11) is 1.77. The first-order valence-corrected chi connectivity index (χ1v) is 6.85. The molecule has 110 valence electrons. The van der Waals surface area contributed by atoms with E-state index in [0.29, 0.717) is 12.3 Å². The number of nitro benzene ring substituents is 1. The Labute approximate surface area is 129 Å². The van der Waals surface area contributed by atoms with Crippen LogP contribution in [-0.4, -0.2) is 12.0 Å². The van der Waals surface area contributed by atoms with E-state index in [1.165, 1.54) is 0 Å². The van der Waals surface area contributed by atoms with Crippen LogP contribution in [0.15, 0.2) is 40.9 Å². The zero-order valence-electron chi connectivity index (χ0n) is 11.1. The monoisotopic (exact) mass is 354 g/mol. The molecule has 0 amide bonds. The van der Waals surface area contributed by atoms with Crippen molar-refractivity contribution in [3.05, 3.63) is 62.4 Å². The largest absolute Gasteiger partial charge is 0.450 e. The van der Waals surface area contributed by atoms with E-state index in [9.17, 15) is 14.5 Å². The highest BCUT2D eigenvalue weighted by molar-refractivity contribution is 9.10. The van der Waals surface area contributed by atoms with E-state index < -0.39 is 10.7 Å². The van der Waals surface area contributed by atoms with E-state index in [2.05, 4.69) is 21.2 Å². The molecule has 0 aliphatic carbocycles. The highest BCUT2D eigenvalue weighted by Crippen LogP contribution is 2.34. The topological polar surface area (TPSA) is 64.4 Å². The quantitative estimate of drug-likeness (QED) is 0.650. The summed E-state index contributed by atoms with van der Waals surface area (Å²) in [5.41, 5.74) is 0.519. The average Bonchev–Trinajstić information content (AvgIpc) is 2.42. The lowest BCUT2D eigenvalue weighted by Crippen LogP contribution is -2.06. The molecular formula is C14H12BrFN2O3. The molecule has 21 heavy (non-hydrogen) atoms. The minimum absolute atomic E-state index is 0.129. The maximum absolute atomic E-state index is 13.3. The lowest BCUT2D eigenvalue weighted by molar-refractivity contribution is -0.385. The van der Waals surface area contributed by atoms with Gasteiger partial charge in [-0.15, -0.1) is 0 Å². The first-order chi connectivity index (χ1) is 10.0. The molecular weight excluding hydrogens is 343 g/mol. The van der Waals surface area contributed by atoms with Crippen molar-refractivity contribution >= 4 is 21.6 Å². The van der Waals surface area contributed by atoms with E-state index in [1.54, 1.807) is 13.1 Å². The zero-order chi connectivity index (χ0) is 15.4. The molecule has 0 fully saturated rings. The molecule has 0 unspecified atom stereocenters. The van der Waals surface area contributed by atoms with Crippen LogP contribution < -0.4 is 10.1 Å². The van der Waals surface area contributed by atoms with E-state index in [0.717, 1.165) is 28.2 Å². The Morgan fingerprint density at radius 1 is 1.29 bits per heavy atom. The van der Waals surface area contributed by atoms with Gasteiger partial charge in [0.25, 0.3) is 0 Å². The Morgan fingerprint density at radius 3 is 2.71 bits per heavy atom. The van der Waals surface area contributed by atoms with Crippen LogP contribution >= 0.6 is 15.9 Å². The third-order valence-corrected chi connectivity index (χ3v) is 3.23. The molecule has 7 heteroatoms. The Hall–Kier alpha value is -1.99. The molecule has 0 atom stereocenters. The van der Waals surface area contributed by atoms with Gasteiger partial charge in [0.05, 0.1) is 4.92 Å². The average molecular weight is 355 g/mol. The fourth-order valence-corrected chi connectivity index (χ4v) is 2.14. The molecule has 2 aromatic rings. The second-order valence-corrected chi connectivity index (χ2v) is 5.17. The minimum atomic E-state index is -0.607. The van der Waals surface area contributed by atoms with Crippen LogP contribution in [0.5, 0.6) is 11.5 Å². The SMILES string of the molecule is CNCc1ccc(Br)cc1Oc1cc(F)ccc1[N+](=O)[O-]. The van der Waals surface area contributed by atoms with Gasteiger partial charge in [-0.25, -0.2) is 4.39 Å². The predicted octanol–water partition coefficient (Wildman–Crippen LogP) is 4.01. The highest BCUT2D eigenvalue weighted by Gasteiger charge is 2.18. The van der Waals surface area contributed by atoms with Crippen LogP contribution in [0, 0.1) is 15.9 Å². The number of hydrogen-bond donors (Lipinski definition) is 1. The first kappa shape index (κ1) is 15.4. The van der Waals surface area contributed by atoms with Gasteiger partial charge in [-0.05, 0) is 25.2 Å². The molecule has 0 bridgehead atoms. The lowest BCUT2D eigenvalue weighted by atomic mass is 10.2. The summed E-state index contributed by atoms with van der Waals surface area (Å²) in [6.07, 6.45) is 0. The van der Waals surface area contributed by atoms with Crippen LogP contribution in [0.2, 0.25) is 0 Å². The van der Waals surface area contributed by atoms with E-state index in [1.807, 2.05) is 12.1 Å². The Morgan fingerprint density at radius 2 is 2.05 bits per heavy atom.